The van der Waals surface area contributed by atoms with Crippen molar-refractivity contribution in [3.63, 3.8) is 0 Å². The molecule has 0 saturated heterocycles. The summed E-state index contributed by atoms with van der Waals surface area (Å²) < 4.78 is 2.68. The van der Waals surface area contributed by atoms with Crippen molar-refractivity contribution in [3.05, 3.63) is 114 Å². The van der Waals surface area contributed by atoms with Crippen LogP contribution in [-0.2, 0) is 0 Å². The van der Waals surface area contributed by atoms with Crippen molar-refractivity contribution in [2.24, 2.45) is 0 Å². The summed E-state index contributed by atoms with van der Waals surface area (Å²) in [5.41, 5.74) is 7.31. The minimum atomic E-state index is 1.01. The number of nitrogens with zero attached hydrogens (tertiary/aromatic N) is 1. The molecule has 7 rings (SSSR count). The lowest BCUT2D eigenvalue weighted by Crippen LogP contribution is -1.91. The Hall–Kier alpha value is -4.01. The predicted octanol–water partition coefficient (Wildman–Crippen LogP) is 9.71. The normalized spacial score (nSPS) is 11.7. The highest BCUT2D eigenvalue weighted by molar-refractivity contribution is 7.26. The third-order valence-electron chi connectivity index (χ3n) is 7.37. The third kappa shape index (κ3) is 3.10. The first-order valence-electron chi connectivity index (χ1n) is 12.0. The molecule has 0 radical (unpaired) electrons. The van der Waals surface area contributed by atoms with Crippen LogP contribution in [-0.4, -0.2) is 4.98 Å². The molecule has 0 aliphatic rings. The van der Waals surface area contributed by atoms with Crippen LogP contribution in [0.3, 0.4) is 0 Å². The first-order valence-corrected chi connectivity index (χ1v) is 12.8. The van der Waals surface area contributed by atoms with Crippen LogP contribution in [0.5, 0.6) is 0 Å². The SMILES string of the molecule is Cc1c(C)c2cnc(-c3cccc(-c4cccc5c4sc4ccccc45)c3)cc2c2ccccc12. The smallest absolute Gasteiger partial charge is 0.0708 e. The first kappa shape index (κ1) is 20.4. The van der Waals surface area contributed by atoms with E-state index in [1.54, 1.807) is 0 Å². The molecule has 166 valence electrons. The maximum absolute atomic E-state index is 4.92. The number of aryl methyl sites for hydroxylation is 2. The Morgan fingerprint density at radius 3 is 2.11 bits per heavy atom. The predicted molar refractivity (Wildman–Crippen MR) is 152 cm³/mol. The lowest BCUT2D eigenvalue weighted by atomic mass is 9.93. The average molecular weight is 466 g/mol. The van der Waals surface area contributed by atoms with E-state index in [0.717, 1.165) is 11.3 Å². The van der Waals surface area contributed by atoms with E-state index < -0.39 is 0 Å². The summed E-state index contributed by atoms with van der Waals surface area (Å²) in [7, 11) is 0. The number of rotatable bonds is 2. The summed E-state index contributed by atoms with van der Waals surface area (Å²) in [5.74, 6) is 0. The summed E-state index contributed by atoms with van der Waals surface area (Å²) in [4.78, 5) is 4.92. The molecule has 0 unspecified atom stereocenters. The fraction of sp³-hybridized carbons (Fsp3) is 0.0606. The van der Waals surface area contributed by atoms with Crippen LogP contribution in [0, 0.1) is 13.8 Å². The molecule has 2 heteroatoms. The van der Waals surface area contributed by atoms with E-state index in [0.29, 0.717) is 0 Å². The summed E-state index contributed by atoms with van der Waals surface area (Å²) in [6.07, 6.45) is 2.05. The molecule has 0 atom stereocenters. The molecular formula is C33H23NS. The van der Waals surface area contributed by atoms with E-state index >= 15 is 0 Å². The second-order valence-corrected chi connectivity index (χ2v) is 10.3. The zero-order chi connectivity index (χ0) is 23.5. The van der Waals surface area contributed by atoms with Gasteiger partial charge in [0, 0.05) is 37.3 Å². The van der Waals surface area contributed by atoms with E-state index in [1.807, 2.05) is 11.3 Å². The molecule has 0 N–H and O–H groups in total. The summed E-state index contributed by atoms with van der Waals surface area (Å²) >= 11 is 1.88. The number of hydrogen-bond donors (Lipinski definition) is 0. The van der Waals surface area contributed by atoms with Gasteiger partial charge >= 0.3 is 0 Å². The highest BCUT2D eigenvalue weighted by Crippen LogP contribution is 2.40. The lowest BCUT2D eigenvalue weighted by molar-refractivity contribution is 1.33. The minimum absolute atomic E-state index is 1.01. The highest BCUT2D eigenvalue weighted by atomic mass is 32.1. The molecule has 0 bridgehead atoms. The van der Waals surface area contributed by atoms with Gasteiger partial charge < -0.3 is 0 Å². The lowest BCUT2D eigenvalue weighted by Gasteiger charge is -2.13. The maximum atomic E-state index is 4.92. The van der Waals surface area contributed by atoms with Crippen LogP contribution in [0.25, 0.3) is 64.1 Å². The quantitative estimate of drug-likeness (QED) is 0.232. The summed E-state index contributed by atoms with van der Waals surface area (Å²) in [5, 5.41) is 7.77. The molecule has 2 aromatic heterocycles. The van der Waals surface area contributed by atoms with Gasteiger partial charge in [-0.05, 0) is 70.5 Å². The van der Waals surface area contributed by atoms with Gasteiger partial charge in [0.1, 0.15) is 0 Å². The maximum Gasteiger partial charge on any atom is 0.0708 e. The van der Waals surface area contributed by atoms with Crippen LogP contribution in [0.1, 0.15) is 11.1 Å². The van der Waals surface area contributed by atoms with Crippen molar-refractivity contribution < 1.29 is 0 Å². The Bertz CT molecular complexity index is 1930. The van der Waals surface area contributed by atoms with Crippen LogP contribution in [0.4, 0.5) is 0 Å². The zero-order valence-electron chi connectivity index (χ0n) is 19.7. The van der Waals surface area contributed by atoms with Gasteiger partial charge in [0.15, 0.2) is 0 Å². The standard InChI is InChI=1S/C33H23NS/c1-20-21(2)30-19-34-31(18-29(30)26-12-4-3-11-24(20)26)23-10-7-9-22(17-23)25-14-8-15-28-27-13-5-6-16-32(27)35-33(25)28/h3-19H,1-2H3. The number of thiophene rings is 1. The highest BCUT2D eigenvalue weighted by Gasteiger charge is 2.13. The molecule has 7 aromatic rings. The second kappa shape index (κ2) is 7.76. The Balaban J connectivity index is 1.43. The number of pyridine rings is 1. The summed E-state index contributed by atoms with van der Waals surface area (Å²) in [6, 6.07) is 35.1. The molecule has 5 aromatic carbocycles. The molecule has 0 aliphatic heterocycles. The van der Waals surface area contributed by atoms with E-state index in [2.05, 4.69) is 117 Å². The van der Waals surface area contributed by atoms with Crippen LogP contribution >= 0.6 is 11.3 Å². The number of aromatic nitrogens is 1. The fourth-order valence-corrected chi connectivity index (χ4v) is 6.64. The first-order chi connectivity index (χ1) is 17.2. The Kier molecular flexibility index (Phi) is 4.52. The molecule has 0 aliphatic carbocycles. The van der Waals surface area contributed by atoms with Crippen LogP contribution < -0.4 is 0 Å². The van der Waals surface area contributed by atoms with Gasteiger partial charge in [-0.3, -0.25) is 4.98 Å². The Morgan fingerprint density at radius 1 is 0.543 bits per heavy atom. The third-order valence-corrected chi connectivity index (χ3v) is 8.59. The molecule has 2 heterocycles. The van der Waals surface area contributed by atoms with E-state index in [4.69, 9.17) is 4.98 Å². The largest absolute Gasteiger partial charge is 0.256 e. The topological polar surface area (TPSA) is 12.9 Å². The molecule has 1 nitrogen and oxygen atoms in total. The summed E-state index contributed by atoms with van der Waals surface area (Å²) in [6.45, 7) is 4.42. The number of benzene rings is 5. The van der Waals surface area contributed by atoms with Crippen LogP contribution in [0.2, 0.25) is 0 Å². The van der Waals surface area contributed by atoms with E-state index in [1.165, 1.54) is 64.0 Å². The van der Waals surface area contributed by atoms with Crippen molar-refractivity contribution in [1.82, 2.24) is 4.98 Å². The van der Waals surface area contributed by atoms with Gasteiger partial charge in [-0.1, -0.05) is 78.9 Å². The molecule has 0 spiro atoms. The number of hydrogen-bond acceptors (Lipinski definition) is 2. The van der Waals surface area contributed by atoms with Crippen molar-refractivity contribution in [2.45, 2.75) is 13.8 Å². The fourth-order valence-electron chi connectivity index (χ4n) is 5.40. The molecule has 0 amide bonds. The van der Waals surface area contributed by atoms with Gasteiger partial charge in [0.25, 0.3) is 0 Å². The molecule has 35 heavy (non-hydrogen) atoms. The van der Waals surface area contributed by atoms with Gasteiger partial charge in [0.05, 0.1) is 5.69 Å². The van der Waals surface area contributed by atoms with Gasteiger partial charge in [-0.25, -0.2) is 0 Å². The van der Waals surface area contributed by atoms with E-state index in [9.17, 15) is 0 Å². The van der Waals surface area contributed by atoms with Gasteiger partial charge in [-0.15, -0.1) is 11.3 Å². The van der Waals surface area contributed by atoms with Crippen LogP contribution in [0.15, 0.2) is 103 Å². The van der Waals surface area contributed by atoms with Gasteiger partial charge in [0.2, 0.25) is 0 Å². The minimum Gasteiger partial charge on any atom is -0.256 e. The monoisotopic (exact) mass is 465 g/mol. The number of fused-ring (bicyclic) bond motifs is 6. The second-order valence-electron chi connectivity index (χ2n) is 9.27. The van der Waals surface area contributed by atoms with Crippen molar-refractivity contribution in [1.29, 1.82) is 0 Å². The Labute approximate surface area is 208 Å². The molecular weight excluding hydrogens is 442 g/mol. The van der Waals surface area contributed by atoms with Gasteiger partial charge in [-0.2, -0.15) is 0 Å². The van der Waals surface area contributed by atoms with Crippen molar-refractivity contribution >= 4 is 53.1 Å². The molecule has 0 fully saturated rings. The molecule has 0 saturated carbocycles. The zero-order valence-corrected chi connectivity index (χ0v) is 20.5. The average Bonchev–Trinajstić information content (AvgIpc) is 3.30. The van der Waals surface area contributed by atoms with Crippen molar-refractivity contribution in [3.8, 4) is 22.4 Å². The Morgan fingerprint density at radius 2 is 1.23 bits per heavy atom. The van der Waals surface area contributed by atoms with E-state index in [-0.39, 0.29) is 0 Å². The van der Waals surface area contributed by atoms with Crippen molar-refractivity contribution in [2.75, 3.05) is 0 Å².